The number of aromatic nitrogens is 2. The molecule has 7 heteroatoms. The summed E-state index contributed by atoms with van der Waals surface area (Å²) in [5, 5.41) is 6.93. The van der Waals surface area contributed by atoms with Gasteiger partial charge < -0.3 is 14.8 Å². The molecule has 0 aliphatic heterocycles. The number of carbonyl (C=O) groups excluding carboxylic acids is 1. The highest BCUT2D eigenvalue weighted by atomic mass is 19.1. The van der Waals surface area contributed by atoms with E-state index < -0.39 is 0 Å². The second-order valence-corrected chi connectivity index (χ2v) is 5.38. The van der Waals surface area contributed by atoms with Crippen molar-refractivity contribution >= 4 is 11.6 Å². The van der Waals surface area contributed by atoms with Gasteiger partial charge >= 0.3 is 0 Å². The predicted molar refractivity (Wildman–Crippen MR) is 94.8 cm³/mol. The number of carbonyl (C=O) groups is 1. The van der Waals surface area contributed by atoms with E-state index in [0.717, 1.165) is 5.75 Å². The number of halogens is 1. The topological polar surface area (TPSA) is 65.4 Å². The first-order valence-electron chi connectivity index (χ1n) is 8.10. The van der Waals surface area contributed by atoms with E-state index >= 15 is 0 Å². The molecule has 0 saturated heterocycles. The maximum Gasteiger partial charge on any atom is 0.276 e. The Balaban J connectivity index is 1.56. The van der Waals surface area contributed by atoms with E-state index in [4.69, 9.17) is 9.47 Å². The second-order valence-electron chi connectivity index (χ2n) is 5.38. The van der Waals surface area contributed by atoms with Crippen LogP contribution >= 0.6 is 0 Å². The van der Waals surface area contributed by atoms with Crippen molar-refractivity contribution in [3.63, 3.8) is 0 Å². The summed E-state index contributed by atoms with van der Waals surface area (Å²) in [6.07, 6.45) is 1.64. The number of hydrogen-bond donors (Lipinski definition) is 1. The van der Waals surface area contributed by atoms with Crippen LogP contribution in [0.1, 0.15) is 17.4 Å². The van der Waals surface area contributed by atoms with E-state index in [1.165, 1.54) is 28.9 Å². The maximum absolute atomic E-state index is 12.9. The molecule has 0 unspecified atom stereocenters. The molecule has 1 aromatic heterocycles. The highest BCUT2D eigenvalue weighted by molar-refractivity contribution is 6.02. The third-order valence-electron chi connectivity index (χ3n) is 3.47. The van der Waals surface area contributed by atoms with Gasteiger partial charge in [0.25, 0.3) is 5.91 Å². The third kappa shape index (κ3) is 4.60. The van der Waals surface area contributed by atoms with Crippen LogP contribution < -0.4 is 14.8 Å². The smallest absolute Gasteiger partial charge is 0.276 e. The van der Waals surface area contributed by atoms with Crippen LogP contribution in [0.25, 0.3) is 0 Å². The molecule has 0 aliphatic rings. The first-order valence-corrected chi connectivity index (χ1v) is 8.10. The Morgan fingerprint density at radius 2 is 1.69 bits per heavy atom. The maximum atomic E-state index is 12.9. The van der Waals surface area contributed by atoms with E-state index in [9.17, 15) is 9.18 Å². The van der Waals surface area contributed by atoms with Gasteiger partial charge in [-0.15, -0.1) is 0 Å². The lowest BCUT2D eigenvalue weighted by Gasteiger charge is -2.07. The van der Waals surface area contributed by atoms with Gasteiger partial charge in [0.2, 0.25) is 0 Å². The molecule has 26 heavy (non-hydrogen) atoms. The summed E-state index contributed by atoms with van der Waals surface area (Å²) in [5.74, 6) is 0.606. The molecule has 0 radical (unpaired) electrons. The molecule has 0 aliphatic carbocycles. The first kappa shape index (κ1) is 17.5. The zero-order chi connectivity index (χ0) is 18.4. The lowest BCUT2D eigenvalue weighted by molar-refractivity contribution is 0.102. The Kier molecular flexibility index (Phi) is 5.48. The lowest BCUT2D eigenvalue weighted by atomic mass is 10.3. The molecular weight excluding hydrogens is 337 g/mol. The largest absolute Gasteiger partial charge is 0.494 e. The van der Waals surface area contributed by atoms with Crippen LogP contribution in [0.5, 0.6) is 11.5 Å². The minimum atomic E-state index is -0.329. The van der Waals surface area contributed by atoms with Gasteiger partial charge in [0, 0.05) is 11.9 Å². The van der Waals surface area contributed by atoms with E-state index in [1.807, 2.05) is 6.92 Å². The Labute approximate surface area is 150 Å². The van der Waals surface area contributed by atoms with Crippen LogP contribution in [0.15, 0.2) is 60.8 Å². The molecular formula is C19H18FN3O3. The number of ether oxygens (including phenoxy) is 2. The van der Waals surface area contributed by atoms with E-state index in [0.29, 0.717) is 18.0 Å². The van der Waals surface area contributed by atoms with Crippen molar-refractivity contribution in [2.24, 2.45) is 0 Å². The van der Waals surface area contributed by atoms with E-state index in [2.05, 4.69) is 10.4 Å². The Morgan fingerprint density at radius 3 is 2.38 bits per heavy atom. The summed E-state index contributed by atoms with van der Waals surface area (Å²) in [4.78, 5) is 12.2. The molecule has 0 bridgehead atoms. The normalized spacial score (nSPS) is 10.4. The van der Waals surface area contributed by atoms with Gasteiger partial charge in [0.15, 0.2) is 12.4 Å². The summed E-state index contributed by atoms with van der Waals surface area (Å²) in [7, 11) is 0. The molecule has 1 N–H and O–H groups in total. The van der Waals surface area contributed by atoms with E-state index in [1.54, 1.807) is 36.5 Å². The fraction of sp³-hybridized carbons (Fsp3) is 0.158. The molecule has 2 aromatic carbocycles. The standard InChI is InChI=1S/C19H18FN3O3/c1-2-25-16-9-5-15(6-10-16)21-19(24)18-11-12-23(22-18)13-26-17-7-3-14(20)4-8-17/h3-12H,2,13H2,1H3,(H,21,24). The van der Waals surface area contributed by atoms with Gasteiger partial charge in [-0.1, -0.05) is 0 Å². The van der Waals surface area contributed by atoms with Crippen molar-refractivity contribution in [3.05, 3.63) is 72.3 Å². The fourth-order valence-corrected chi connectivity index (χ4v) is 2.22. The first-order chi connectivity index (χ1) is 12.6. The molecule has 6 nitrogen and oxygen atoms in total. The average molecular weight is 355 g/mol. The Bertz CT molecular complexity index is 860. The monoisotopic (exact) mass is 355 g/mol. The number of hydrogen-bond acceptors (Lipinski definition) is 4. The molecule has 0 spiro atoms. The average Bonchev–Trinajstić information content (AvgIpc) is 3.12. The van der Waals surface area contributed by atoms with Crippen LogP contribution in [-0.2, 0) is 6.73 Å². The van der Waals surface area contributed by atoms with Crippen LogP contribution in [0.4, 0.5) is 10.1 Å². The number of benzene rings is 2. The third-order valence-corrected chi connectivity index (χ3v) is 3.47. The number of rotatable bonds is 7. The van der Waals surface area contributed by atoms with E-state index in [-0.39, 0.29) is 24.1 Å². The molecule has 0 atom stereocenters. The van der Waals surface area contributed by atoms with Gasteiger partial charge in [-0.05, 0) is 61.5 Å². The SMILES string of the molecule is CCOc1ccc(NC(=O)c2ccn(COc3ccc(F)cc3)n2)cc1. The molecule has 1 amide bonds. The molecule has 1 heterocycles. The number of anilines is 1. The Hall–Kier alpha value is -3.35. The van der Waals surface area contributed by atoms with Crippen molar-refractivity contribution < 1.29 is 18.7 Å². The van der Waals surface area contributed by atoms with Crippen LogP contribution in [0.3, 0.4) is 0 Å². The zero-order valence-electron chi connectivity index (χ0n) is 14.2. The van der Waals surface area contributed by atoms with Gasteiger partial charge in [0.05, 0.1) is 6.61 Å². The van der Waals surface area contributed by atoms with Crippen LogP contribution in [0.2, 0.25) is 0 Å². The second kappa shape index (κ2) is 8.15. The molecule has 0 fully saturated rings. The quantitative estimate of drug-likeness (QED) is 0.702. The number of nitrogens with one attached hydrogen (secondary N) is 1. The summed E-state index contributed by atoms with van der Waals surface area (Å²) in [6, 6.07) is 14.4. The van der Waals surface area contributed by atoms with Crippen molar-refractivity contribution in [1.29, 1.82) is 0 Å². The van der Waals surface area contributed by atoms with Crippen molar-refractivity contribution in [1.82, 2.24) is 9.78 Å². The molecule has 3 rings (SSSR count). The van der Waals surface area contributed by atoms with Crippen molar-refractivity contribution in [2.75, 3.05) is 11.9 Å². The highest BCUT2D eigenvalue weighted by Gasteiger charge is 2.10. The van der Waals surface area contributed by atoms with Gasteiger partial charge in [-0.25, -0.2) is 9.07 Å². The predicted octanol–water partition coefficient (Wildman–Crippen LogP) is 3.71. The fourth-order valence-electron chi connectivity index (χ4n) is 2.22. The molecule has 0 saturated carbocycles. The lowest BCUT2D eigenvalue weighted by Crippen LogP contribution is -2.14. The van der Waals surface area contributed by atoms with Crippen molar-refractivity contribution in [3.8, 4) is 11.5 Å². The van der Waals surface area contributed by atoms with Crippen molar-refractivity contribution in [2.45, 2.75) is 13.7 Å². The Morgan fingerprint density at radius 1 is 1.04 bits per heavy atom. The van der Waals surface area contributed by atoms with Gasteiger partial charge in [-0.3, -0.25) is 4.79 Å². The summed E-state index contributed by atoms with van der Waals surface area (Å²) >= 11 is 0. The highest BCUT2D eigenvalue weighted by Crippen LogP contribution is 2.16. The number of amides is 1. The summed E-state index contributed by atoms with van der Waals surface area (Å²) in [5.41, 5.74) is 0.914. The van der Waals surface area contributed by atoms with Crippen LogP contribution in [-0.4, -0.2) is 22.3 Å². The van der Waals surface area contributed by atoms with Crippen LogP contribution in [0, 0.1) is 5.82 Å². The summed E-state index contributed by atoms with van der Waals surface area (Å²) < 4.78 is 25.2. The molecule has 134 valence electrons. The molecule has 3 aromatic rings. The summed E-state index contributed by atoms with van der Waals surface area (Å²) in [6.45, 7) is 2.61. The number of nitrogens with zero attached hydrogens (tertiary/aromatic N) is 2. The van der Waals surface area contributed by atoms with Gasteiger partial charge in [0.1, 0.15) is 17.3 Å². The zero-order valence-corrected chi connectivity index (χ0v) is 14.2. The minimum Gasteiger partial charge on any atom is -0.494 e. The minimum absolute atomic E-state index is 0.113. The van der Waals surface area contributed by atoms with Gasteiger partial charge in [-0.2, -0.15) is 5.10 Å².